The molecule has 0 saturated heterocycles. The lowest BCUT2D eigenvalue weighted by molar-refractivity contribution is 0.0994. The number of thiophene rings is 1. The quantitative estimate of drug-likeness (QED) is 0.658. The molecule has 3 aromatic rings. The van der Waals surface area contributed by atoms with Gasteiger partial charge < -0.3 is 16.0 Å². The van der Waals surface area contributed by atoms with Gasteiger partial charge in [0.2, 0.25) is 0 Å². The molecule has 2 heterocycles. The number of nitrogens with one attached hydrogen (secondary N) is 1. The summed E-state index contributed by atoms with van der Waals surface area (Å²) < 4.78 is 0.554. The molecule has 5 nitrogen and oxygen atoms in total. The first-order chi connectivity index (χ1) is 12.5. The molecule has 1 aliphatic heterocycles. The highest BCUT2D eigenvalue weighted by molar-refractivity contribution is 7.18. The monoisotopic (exact) mass is 383 g/mol. The number of benzene rings is 2. The second kappa shape index (κ2) is 6.48. The third-order valence-electron chi connectivity index (χ3n) is 4.22. The molecule has 2 amide bonds. The highest BCUT2D eigenvalue weighted by Crippen LogP contribution is 2.33. The van der Waals surface area contributed by atoms with E-state index in [0.717, 1.165) is 11.3 Å². The first-order valence-corrected chi connectivity index (χ1v) is 9.08. The first-order valence-electron chi connectivity index (χ1n) is 7.89. The molecule has 0 radical (unpaired) electrons. The summed E-state index contributed by atoms with van der Waals surface area (Å²) in [5.74, 6) is -0.339. The number of nitrogen functional groups attached to an aromatic ring is 1. The Bertz CT molecular complexity index is 1010. The lowest BCUT2D eigenvalue weighted by Gasteiger charge is -2.16. The molecule has 1 aromatic heterocycles. The van der Waals surface area contributed by atoms with Gasteiger partial charge in [0, 0.05) is 28.2 Å². The van der Waals surface area contributed by atoms with Crippen LogP contribution < -0.4 is 16.0 Å². The van der Waals surface area contributed by atoms with Crippen LogP contribution in [0, 0.1) is 0 Å². The van der Waals surface area contributed by atoms with Crippen LogP contribution in [0.2, 0.25) is 4.34 Å². The fourth-order valence-electron chi connectivity index (χ4n) is 2.93. The molecule has 0 fully saturated rings. The molecule has 0 atom stereocenters. The van der Waals surface area contributed by atoms with E-state index in [9.17, 15) is 9.59 Å². The second-order valence-electron chi connectivity index (χ2n) is 5.87. The third kappa shape index (κ3) is 2.94. The number of amides is 2. The molecule has 26 heavy (non-hydrogen) atoms. The Labute approximate surface area is 159 Å². The van der Waals surface area contributed by atoms with Crippen LogP contribution in [-0.4, -0.2) is 11.8 Å². The number of hydrogen-bond donors (Lipinski definition) is 2. The number of carbonyl (C=O) groups excluding carboxylic acids is 2. The van der Waals surface area contributed by atoms with Crippen molar-refractivity contribution in [2.75, 3.05) is 16.0 Å². The highest BCUT2D eigenvalue weighted by Gasteiger charge is 2.30. The summed E-state index contributed by atoms with van der Waals surface area (Å²) >= 11 is 7.11. The van der Waals surface area contributed by atoms with Crippen LogP contribution in [0.15, 0.2) is 54.6 Å². The molecule has 3 N–H and O–H groups in total. The van der Waals surface area contributed by atoms with Gasteiger partial charge in [-0.15, -0.1) is 11.3 Å². The molecule has 0 spiro atoms. The normalized spacial score (nSPS) is 13.0. The smallest absolute Gasteiger partial charge is 0.265 e. The van der Waals surface area contributed by atoms with E-state index in [4.69, 9.17) is 17.3 Å². The number of rotatable bonds is 3. The Kier molecular flexibility index (Phi) is 4.14. The molecule has 0 bridgehead atoms. The van der Waals surface area contributed by atoms with E-state index in [0.29, 0.717) is 32.7 Å². The minimum atomic E-state index is -0.242. The number of hydrogen-bond acceptors (Lipinski definition) is 4. The van der Waals surface area contributed by atoms with Crippen LogP contribution in [0.5, 0.6) is 0 Å². The largest absolute Gasteiger partial charge is 0.399 e. The Balaban J connectivity index is 1.63. The van der Waals surface area contributed by atoms with Crippen LogP contribution in [0.25, 0.3) is 0 Å². The maximum atomic E-state index is 12.8. The highest BCUT2D eigenvalue weighted by atomic mass is 35.5. The van der Waals surface area contributed by atoms with Crippen molar-refractivity contribution in [3.05, 3.63) is 74.9 Å². The topological polar surface area (TPSA) is 75.4 Å². The zero-order chi connectivity index (χ0) is 18.3. The van der Waals surface area contributed by atoms with E-state index in [1.165, 1.54) is 11.3 Å². The summed E-state index contributed by atoms with van der Waals surface area (Å²) in [6, 6.07) is 15.8. The Morgan fingerprint density at radius 1 is 1.12 bits per heavy atom. The number of carbonyl (C=O) groups is 2. The summed E-state index contributed by atoms with van der Waals surface area (Å²) in [4.78, 5) is 27.4. The minimum absolute atomic E-state index is 0.0972. The number of fused-ring (bicyclic) bond motifs is 1. The zero-order valence-corrected chi connectivity index (χ0v) is 15.1. The van der Waals surface area contributed by atoms with Crippen LogP contribution in [0.1, 0.15) is 25.6 Å². The van der Waals surface area contributed by atoms with Gasteiger partial charge in [0.1, 0.15) is 0 Å². The molecule has 7 heteroatoms. The van der Waals surface area contributed by atoms with Gasteiger partial charge in [-0.25, -0.2) is 0 Å². The predicted octanol–water partition coefficient (Wildman–Crippen LogP) is 4.40. The van der Waals surface area contributed by atoms with E-state index >= 15 is 0 Å². The molecular formula is C19H14ClN3O2S. The summed E-state index contributed by atoms with van der Waals surface area (Å²) in [7, 11) is 0. The molecule has 1 aliphatic rings. The summed E-state index contributed by atoms with van der Waals surface area (Å²) in [6.07, 6.45) is 0. The van der Waals surface area contributed by atoms with Gasteiger partial charge in [-0.1, -0.05) is 17.7 Å². The molecule has 130 valence electrons. The average molecular weight is 384 g/mol. The van der Waals surface area contributed by atoms with Gasteiger partial charge in [0.05, 0.1) is 15.8 Å². The van der Waals surface area contributed by atoms with Gasteiger partial charge >= 0.3 is 0 Å². The molecule has 0 saturated carbocycles. The Morgan fingerprint density at radius 3 is 2.58 bits per heavy atom. The Hall–Kier alpha value is -2.83. The maximum absolute atomic E-state index is 12.8. The minimum Gasteiger partial charge on any atom is -0.399 e. The molecule has 4 rings (SSSR count). The van der Waals surface area contributed by atoms with Crippen molar-refractivity contribution in [1.29, 1.82) is 0 Å². The van der Waals surface area contributed by atoms with Gasteiger partial charge in [-0.3, -0.25) is 9.59 Å². The van der Waals surface area contributed by atoms with Crippen molar-refractivity contribution in [1.82, 2.24) is 0 Å². The SMILES string of the molecule is Nc1ccc(N2Cc3c(NC(=O)c4ccc(Cl)s4)cccc3C2=O)cc1. The van der Waals surface area contributed by atoms with Gasteiger partial charge in [0.15, 0.2) is 0 Å². The molecule has 2 aromatic carbocycles. The number of nitrogens with zero attached hydrogens (tertiary/aromatic N) is 1. The van der Waals surface area contributed by atoms with E-state index in [2.05, 4.69) is 5.32 Å². The zero-order valence-electron chi connectivity index (χ0n) is 13.5. The van der Waals surface area contributed by atoms with Crippen molar-refractivity contribution in [2.45, 2.75) is 6.54 Å². The molecular weight excluding hydrogens is 370 g/mol. The van der Waals surface area contributed by atoms with E-state index < -0.39 is 0 Å². The maximum Gasteiger partial charge on any atom is 0.265 e. The number of halogens is 1. The summed E-state index contributed by atoms with van der Waals surface area (Å²) in [5, 5.41) is 2.89. The Morgan fingerprint density at radius 2 is 1.88 bits per heavy atom. The van der Waals surface area contributed by atoms with Crippen molar-refractivity contribution in [3.63, 3.8) is 0 Å². The first kappa shape index (κ1) is 16.6. The molecule has 0 unspecified atom stereocenters. The van der Waals surface area contributed by atoms with Crippen LogP contribution in [0.3, 0.4) is 0 Å². The van der Waals surface area contributed by atoms with Crippen molar-refractivity contribution in [2.24, 2.45) is 0 Å². The lowest BCUT2D eigenvalue weighted by atomic mass is 10.1. The fraction of sp³-hybridized carbons (Fsp3) is 0.0526. The summed E-state index contributed by atoms with van der Waals surface area (Å²) in [5.41, 5.74) is 9.14. The van der Waals surface area contributed by atoms with Gasteiger partial charge in [-0.05, 0) is 48.5 Å². The fourth-order valence-corrected chi connectivity index (χ4v) is 3.87. The standard InChI is InChI=1S/C19H14ClN3O2S/c20-17-9-8-16(26-17)18(24)22-15-3-1-2-13-14(15)10-23(19(13)25)12-6-4-11(21)5-7-12/h1-9H,10,21H2,(H,22,24). The lowest BCUT2D eigenvalue weighted by Crippen LogP contribution is -2.22. The summed E-state index contributed by atoms with van der Waals surface area (Å²) in [6.45, 7) is 0.389. The van der Waals surface area contributed by atoms with Crippen molar-refractivity contribution < 1.29 is 9.59 Å². The van der Waals surface area contributed by atoms with Crippen LogP contribution in [0.4, 0.5) is 17.1 Å². The van der Waals surface area contributed by atoms with E-state index in [-0.39, 0.29) is 11.8 Å². The van der Waals surface area contributed by atoms with E-state index in [1.54, 1.807) is 47.4 Å². The van der Waals surface area contributed by atoms with Gasteiger partial charge in [0.25, 0.3) is 11.8 Å². The predicted molar refractivity (Wildman–Crippen MR) is 105 cm³/mol. The third-order valence-corrected chi connectivity index (χ3v) is 5.45. The van der Waals surface area contributed by atoms with Gasteiger partial charge in [-0.2, -0.15) is 0 Å². The molecule has 0 aliphatic carbocycles. The van der Waals surface area contributed by atoms with E-state index in [1.807, 2.05) is 12.1 Å². The van der Waals surface area contributed by atoms with Crippen molar-refractivity contribution >= 4 is 51.8 Å². The number of anilines is 3. The second-order valence-corrected chi connectivity index (χ2v) is 7.59. The average Bonchev–Trinajstić information content (AvgIpc) is 3.21. The van der Waals surface area contributed by atoms with Crippen LogP contribution in [-0.2, 0) is 6.54 Å². The van der Waals surface area contributed by atoms with Crippen molar-refractivity contribution in [3.8, 4) is 0 Å². The number of nitrogens with two attached hydrogens (primary N) is 1. The van der Waals surface area contributed by atoms with Crippen LogP contribution >= 0.6 is 22.9 Å².